The lowest BCUT2D eigenvalue weighted by molar-refractivity contribution is -0.120. The summed E-state index contributed by atoms with van der Waals surface area (Å²) >= 11 is 6.17. The van der Waals surface area contributed by atoms with Crippen LogP contribution in [0.15, 0.2) is 77.7 Å². The van der Waals surface area contributed by atoms with E-state index in [1.54, 1.807) is 30.3 Å². The Balaban J connectivity index is 1.97. The number of anilines is 1. The van der Waals surface area contributed by atoms with E-state index in [9.17, 15) is 13.2 Å². The molecular formula is C25H27ClN2O4S. The number of rotatable bonds is 9. The zero-order valence-electron chi connectivity index (χ0n) is 18.8. The van der Waals surface area contributed by atoms with E-state index in [1.807, 2.05) is 38.1 Å². The van der Waals surface area contributed by atoms with E-state index in [1.165, 1.54) is 25.3 Å². The summed E-state index contributed by atoms with van der Waals surface area (Å²) in [6.45, 7) is 3.52. The van der Waals surface area contributed by atoms with Crippen LogP contribution >= 0.6 is 11.6 Å². The Bertz CT molecular complexity index is 1200. The Hall–Kier alpha value is -3.03. The van der Waals surface area contributed by atoms with E-state index < -0.39 is 22.5 Å². The van der Waals surface area contributed by atoms with Crippen LogP contribution in [0.3, 0.4) is 0 Å². The highest BCUT2D eigenvalue weighted by Gasteiger charge is 2.30. The maximum absolute atomic E-state index is 13.6. The van der Waals surface area contributed by atoms with Crippen molar-refractivity contribution in [2.24, 2.45) is 0 Å². The molecular weight excluding hydrogens is 460 g/mol. The zero-order valence-corrected chi connectivity index (χ0v) is 20.4. The summed E-state index contributed by atoms with van der Waals surface area (Å²) in [5.41, 5.74) is 2.26. The van der Waals surface area contributed by atoms with Gasteiger partial charge in [0.25, 0.3) is 10.0 Å². The number of benzene rings is 3. The number of hydrogen-bond donors (Lipinski definition) is 1. The van der Waals surface area contributed by atoms with Crippen molar-refractivity contribution in [1.29, 1.82) is 0 Å². The fourth-order valence-corrected chi connectivity index (χ4v) is 5.08. The summed E-state index contributed by atoms with van der Waals surface area (Å²) < 4.78 is 33.5. The fourth-order valence-electron chi connectivity index (χ4n) is 3.47. The van der Waals surface area contributed by atoms with Gasteiger partial charge in [0.2, 0.25) is 5.91 Å². The van der Waals surface area contributed by atoms with Crippen LogP contribution in [0, 0.1) is 6.92 Å². The number of nitrogens with zero attached hydrogens (tertiary/aromatic N) is 1. The molecule has 8 heteroatoms. The molecule has 3 aromatic rings. The van der Waals surface area contributed by atoms with Gasteiger partial charge in [-0.2, -0.15) is 0 Å². The summed E-state index contributed by atoms with van der Waals surface area (Å²) in [5, 5.41) is 3.28. The van der Waals surface area contributed by atoms with Crippen LogP contribution in [0.2, 0.25) is 5.02 Å². The van der Waals surface area contributed by atoms with Crippen molar-refractivity contribution in [3.05, 3.63) is 88.9 Å². The quantitative estimate of drug-likeness (QED) is 0.455. The highest BCUT2D eigenvalue weighted by atomic mass is 35.5. The Morgan fingerprint density at radius 1 is 1.06 bits per heavy atom. The Labute approximate surface area is 200 Å². The molecule has 0 heterocycles. The van der Waals surface area contributed by atoms with Gasteiger partial charge in [-0.15, -0.1) is 0 Å². The van der Waals surface area contributed by atoms with Crippen LogP contribution in [0.5, 0.6) is 5.75 Å². The number of methoxy groups -OCH3 is 1. The molecule has 33 heavy (non-hydrogen) atoms. The largest absolute Gasteiger partial charge is 0.495 e. The topological polar surface area (TPSA) is 75.7 Å². The smallest absolute Gasteiger partial charge is 0.264 e. The molecule has 0 aromatic heterocycles. The molecule has 0 aliphatic rings. The predicted octanol–water partition coefficient (Wildman–Crippen LogP) is 5.12. The van der Waals surface area contributed by atoms with Gasteiger partial charge in [-0.1, -0.05) is 66.6 Å². The first-order valence-electron chi connectivity index (χ1n) is 10.5. The SMILES string of the molecule is CC[C@@H](NC(=O)CN(c1cc(Cl)ccc1OC)S(=O)(=O)c1ccccc1)c1ccc(C)cc1. The third kappa shape index (κ3) is 5.86. The highest BCUT2D eigenvalue weighted by molar-refractivity contribution is 7.92. The van der Waals surface area contributed by atoms with Crippen molar-refractivity contribution in [2.75, 3.05) is 18.0 Å². The summed E-state index contributed by atoms with van der Waals surface area (Å²) in [6, 6.07) is 20.2. The molecule has 1 amide bonds. The molecule has 0 fully saturated rings. The van der Waals surface area contributed by atoms with Crippen LogP contribution < -0.4 is 14.4 Å². The van der Waals surface area contributed by atoms with E-state index in [4.69, 9.17) is 16.3 Å². The Kier molecular flexibility index (Phi) is 8.00. The van der Waals surface area contributed by atoms with Crippen molar-refractivity contribution in [2.45, 2.75) is 31.2 Å². The lowest BCUT2D eigenvalue weighted by Crippen LogP contribution is -2.42. The Morgan fingerprint density at radius 2 is 1.73 bits per heavy atom. The molecule has 174 valence electrons. The summed E-state index contributed by atoms with van der Waals surface area (Å²) in [7, 11) is -2.64. The van der Waals surface area contributed by atoms with Crippen molar-refractivity contribution in [3.8, 4) is 5.75 Å². The molecule has 0 unspecified atom stereocenters. The average Bonchev–Trinajstić information content (AvgIpc) is 2.82. The normalized spacial score (nSPS) is 12.1. The van der Waals surface area contributed by atoms with Crippen molar-refractivity contribution in [3.63, 3.8) is 0 Å². The minimum absolute atomic E-state index is 0.0606. The molecule has 0 saturated carbocycles. The van der Waals surface area contributed by atoms with Crippen molar-refractivity contribution < 1.29 is 17.9 Å². The number of carbonyl (C=O) groups excluding carboxylic acids is 1. The number of aryl methyl sites for hydroxylation is 1. The molecule has 0 radical (unpaired) electrons. The molecule has 0 aliphatic carbocycles. The number of nitrogens with one attached hydrogen (secondary N) is 1. The van der Waals surface area contributed by atoms with E-state index in [0.717, 1.165) is 15.4 Å². The predicted molar refractivity (Wildman–Crippen MR) is 131 cm³/mol. The van der Waals surface area contributed by atoms with Gasteiger partial charge < -0.3 is 10.1 Å². The van der Waals surface area contributed by atoms with E-state index in [2.05, 4.69) is 5.32 Å². The van der Waals surface area contributed by atoms with Crippen LogP contribution in [0.1, 0.15) is 30.5 Å². The maximum Gasteiger partial charge on any atom is 0.264 e. The fraction of sp³-hybridized carbons (Fsp3) is 0.240. The molecule has 0 spiro atoms. The van der Waals surface area contributed by atoms with Gasteiger partial charge in [-0.25, -0.2) is 8.42 Å². The van der Waals surface area contributed by atoms with Gasteiger partial charge >= 0.3 is 0 Å². The third-order valence-electron chi connectivity index (χ3n) is 5.25. The second-order valence-electron chi connectivity index (χ2n) is 7.58. The van der Waals surface area contributed by atoms with Gasteiger partial charge in [0, 0.05) is 5.02 Å². The first-order chi connectivity index (χ1) is 15.8. The number of carbonyl (C=O) groups is 1. The summed E-state index contributed by atoms with van der Waals surface area (Å²) in [5.74, 6) is -0.152. The van der Waals surface area contributed by atoms with Gasteiger partial charge in [0.15, 0.2) is 0 Å². The van der Waals surface area contributed by atoms with E-state index >= 15 is 0 Å². The van der Waals surface area contributed by atoms with Gasteiger partial charge in [-0.3, -0.25) is 9.10 Å². The van der Waals surface area contributed by atoms with E-state index in [0.29, 0.717) is 11.4 Å². The molecule has 0 aliphatic heterocycles. The second-order valence-corrected chi connectivity index (χ2v) is 9.88. The molecule has 0 bridgehead atoms. The number of hydrogen-bond acceptors (Lipinski definition) is 4. The van der Waals surface area contributed by atoms with Crippen LogP contribution in [-0.2, 0) is 14.8 Å². The molecule has 1 N–H and O–H groups in total. The van der Waals surface area contributed by atoms with Gasteiger partial charge in [0.05, 0.1) is 23.7 Å². The number of ether oxygens (including phenoxy) is 1. The zero-order chi connectivity index (χ0) is 24.0. The number of sulfonamides is 1. The number of halogens is 1. The van der Waals surface area contributed by atoms with Crippen LogP contribution in [-0.4, -0.2) is 28.0 Å². The average molecular weight is 487 g/mol. The van der Waals surface area contributed by atoms with Crippen LogP contribution in [0.4, 0.5) is 5.69 Å². The van der Waals surface area contributed by atoms with Gasteiger partial charge in [0.1, 0.15) is 12.3 Å². The first-order valence-corrected chi connectivity index (χ1v) is 12.3. The standard InChI is InChI=1S/C25H27ClN2O4S/c1-4-22(19-12-10-18(2)11-13-19)27-25(29)17-28(23-16-20(26)14-15-24(23)32-3)33(30,31)21-8-6-5-7-9-21/h5-16,22H,4,17H2,1-3H3,(H,27,29)/t22-/m1/s1. The van der Waals surface area contributed by atoms with E-state index in [-0.39, 0.29) is 22.4 Å². The number of amides is 1. The monoisotopic (exact) mass is 486 g/mol. The first kappa shape index (κ1) is 24.6. The second kappa shape index (κ2) is 10.7. The lowest BCUT2D eigenvalue weighted by Gasteiger charge is -2.27. The summed E-state index contributed by atoms with van der Waals surface area (Å²) in [4.78, 5) is 13.2. The van der Waals surface area contributed by atoms with Gasteiger partial charge in [-0.05, 0) is 49.2 Å². The highest BCUT2D eigenvalue weighted by Crippen LogP contribution is 2.34. The minimum Gasteiger partial charge on any atom is -0.495 e. The van der Waals surface area contributed by atoms with Crippen LogP contribution in [0.25, 0.3) is 0 Å². The molecule has 1 atom stereocenters. The molecule has 0 saturated heterocycles. The molecule has 3 rings (SSSR count). The molecule has 3 aromatic carbocycles. The maximum atomic E-state index is 13.6. The van der Waals surface area contributed by atoms with Crippen molar-refractivity contribution >= 4 is 33.2 Å². The lowest BCUT2D eigenvalue weighted by atomic mass is 10.0. The van der Waals surface area contributed by atoms with Crippen molar-refractivity contribution in [1.82, 2.24) is 5.32 Å². The third-order valence-corrected chi connectivity index (χ3v) is 7.26. The minimum atomic E-state index is -4.08. The molecule has 6 nitrogen and oxygen atoms in total. The summed E-state index contributed by atoms with van der Waals surface area (Å²) in [6.07, 6.45) is 0.653. The Morgan fingerprint density at radius 3 is 2.33 bits per heavy atom.